The largest absolute Gasteiger partial charge is 0.479 e. The van der Waals surface area contributed by atoms with Gasteiger partial charge in [-0.05, 0) is 42.8 Å². The Morgan fingerprint density at radius 1 is 1.10 bits per heavy atom. The Morgan fingerprint density at radius 3 is 2.42 bits per heavy atom. The van der Waals surface area contributed by atoms with E-state index in [2.05, 4.69) is 5.32 Å². The molecule has 0 bridgehead atoms. The van der Waals surface area contributed by atoms with E-state index in [9.17, 15) is 14.4 Å². The lowest BCUT2D eigenvalue weighted by Gasteiger charge is -2.16. The van der Waals surface area contributed by atoms with E-state index in [4.69, 9.17) is 14.7 Å². The maximum Gasteiger partial charge on any atom is 0.331 e. The number of hydrogen-bond donors (Lipinski definition) is 1. The van der Waals surface area contributed by atoms with Crippen molar-refractivity contribution in [3.05, 3.63) is 65.7 Å². The first kappa shape index (κ1) is 23.2. The van der Waals surface area contributed by atoms with Gasteiger partial charge in [0, 0.05) is 18.8 Å². The highest BCUT2D eigenvalue weighted by atomic mass is 16.5. The highest BCUT2D eigenvalue weighted by Gasteiger charge is 2.14. The predicted molar refractivity (Wildman–Crippen MR) is 115 cm³/mol. The topological polar surface area (TPSA) is 109 Å². The third-order valence-electron chi connectivity index (χ3n) is 4.08. The second kappa shape index (κ2) is 11.8. The van der Waals surface area contributed by atoms with Crippen LogP contribution in [0.25, 0.3) is 6.08 Å². The first-order valence-electron chi connectivity index (χ1n) is 9.42. The molecule has 0 atom stereocenters. The van der Waals surface area contributed by atoms with Crippen LogP contribution < -0.4 is 10.1 Å². The molecule has 2 aromatic carbocycles. The van der Waals surface area contributed by atoms with Gasteiger partial charge in [-0.25, -0.2) is 4.79 Å². The van der Waals surface area contributed by atoms with Gasteiger partial charge in [0.1, 0.15) is 11.8 Å². The number of aryl methyl sites for hydroxylation is 1. The zero-order valence-electron chi connectivity index (χ0n) is 17.3. The molecule has 31 heavy (non-hydrogen) atoms. The summed E-state index contributed by atoms with van der Waals surface area (Å²) in [7, 11) is 1.46. The lowest BCUT2D eigenvalue weighted by Crippen LogP contribution is -2.37. The van der Waals surface area contributed by atoms with Crippen molar-refractivity contribution < 1.29 is 23.9 Å². The minimum Gasteiger partial charge on any atom is -0.479 e. The van der Waals surface area contributed by atoms with Crippen LogP contribution in [0, 0.1) is 18.3 Å². The molecule has 2 amide bonds. The molecule has 0 aliphatic carbocycles. The fraction of sp³-hybridized carbons (Fsp3) is 0.217. The monoisotopic (exact) mass is 421 g/mol. The van der Waals surface area contributed by atoms with Crippen LogP contribution in [0.4, 0.5) is 5.69 Å². The summed E-state index contributed by atoms with van der Waals surface area (Å²) < 4.78 is 10.1. The molecule has 0 heterocycles. The molecule has 0 saturated carbocycles. The van der Waals surface area contributed by atoms with Gasteiger partial charge in [-0.3, -0.25) is 9.59 Å². The van der Waals surface area contributed by atoms with Gasteiger partial charge in [-0.2, -0.15) is 5.26 Å². The molecule has 0 spiro atoms. The first-order chi connectivity index (χ1) is 14.9. The summed E-state index contributed by atoms with van der Waals surface area (Å²) >= 11 is 0. The minimum atomic E-state index is -0.685. The van der Waals surface area contributed by atoms with E-state index < -0.39 is 18.5 Å². The number of nitriles is 1. The number of amides is 2. The molecule has 0 saturated heterocycles. The number of rotatable bonds is 9. The molecular weight excluding hydrogens is 398 g/mol. The SMILES string of the molecule is Cc1ccc(NC(=O)CN(C)C(=O)COC(=O)/C=C/c2ccc(OCC#N)cc2)cc1. The van der Waals surface area contributed by atoms with Crippen molar-refractivity contribution in [3.63, 3.8) is 0 Å². The van der Waals surface area contributed by atoms with E-state index in [1.807, 2.05) is 25.1 Å². The fourth-order valence-corrected chi connectivity index (χ4v) is 2.39. The van der Waals surface area contributed by atoms with Crippen molar-refractivity contribution in [3.8, 4) is 11.8 Å². The summed E-state index contributed by atoms with van der Waals surface area (Å²) in [4.78, 5) is 37.1. The average Bonchev–Trinajstić information content (AvgIpc) is 2.76. The van der Waals surface area contributed by atoms with Crippen LogP contribution in [0.15, 0.2) is 54.6 Å². The van der Waals surface area contributed by atoms with Crippen LogP contribution in [0.2, 0.25) is 0 Å². The number of likely N-dealkylation sites (N-methyl/N-ethyl adjacent to an activating group) is 1. The number of benzene rings is 2. The van der Waals surface area contributed by atoms with Crippen molar-refractivity contribution in [2.24, 2.45) is 0 Å². The highest BCUT2D eigenvalue weighted by molar-refractivity contribution is 5.95. The second-order valence-corrected chi connectivity index (χ2v) is 6.62. The lowest BCUT2D eigenvalue weighted by molar-refractivity contribution is -0.148. The summed E-state index contributed by atoms with van der Waals surface area (Å²) in [5.41, 5.74) is 2.43. The van der Waals surface area contributed by atoms with Crippen LogP contribution >= 0.6 is 0 Å². The number of anilines is 1. The fourth-order valence-electron chi connectivity index (χ4n) is 2.39. The standard InChI is InChI=1S/C23H23N3O5/c1-17-3-8-19(9-4-17)25-21(27)15-26(2)22(28)16-31-23(29)12-7-18-5-10-20(11-6-18)30-14-13-24/h3-12H,14-16H2,1-2H3,(H,25,27)/b12-7+. The summed E-state index contributed by atoms with van der Waals surface area (Å²) in [5, 5.41) is 11.2. The molecule has 2 aromatic rings. The number of ether oxygens (including phenoxy) is 2. The zero-order valence-corrected chi connectivity index (χ0v) is 17.3. The second-order valence-electron chi connectivity index (χ2n) is 6.62. The number of nitrogens with zero attached hydrogens (tertiary/aromatic N) is 2. The van der Waals surface area contributed by atoms with E-state index in [1.165, 1.54) is 24.1 Å². The normalized spacial score (nSPS) is 10.2. The van der Waals surface area contributed by atoms with Gasteiger partial charge in [0.05, 0.1) is 6.54 Å². The molecule has 0 unspecified atom stereocenters. The minimum absolute atomic E-state index is 0.0440. The molecule has 0 radical (unpaired) electrons. The molecule has 1 N–H and O–H groups in total. The molecule has 0 aromatic heterocycles. The van der Waals surface area contributed by atoms with Crippen molar-refractivity contribution in [1.29, 1.82) is 5.26 Å². The number of hydrogen-bond acceptors (Lipinski definition) is 6. The van der Waals surface area contributed by atoms with Crippen molar-refractivity contribution in [1.82, 2.24) is 4.90 Å². The molecule has 160 valence electrons. The van der Waals surface area contributed by atoms with Crippen LogP contribution in [-0.4, -0.2) is 49.5 Å². The number of carbonyl (C=O) groups is 3. The van der Waals surface area contributed by atoms with E-state index in [0.717, 1.165) is 11.1 Å². The molecule has 2 rings (SSSR count). The summed E-state index contributed by atoms with van der Waals surface area (Å²) in [5.74, 6) is -0.995. The Morgan fingerprint density at radius 2 is 1.77 bits per heavy atom. The zero-order chi connectivity index (χ0) is 22.6. The Kier molecular flexibility index (Phi) is 8.80. The van der Waals surface area contributed by atoms with Crippen molar-refractivity contribution in [2.75, 3.05) is 32.1 Å². The number of nitrogens with one attached hydrogen (secondary N) is 1. The first-order valence-corrected chi connectivity index (χ1v) is 9.42. The summed E-state index contributed by atoms with van der Waals surface area (Å²) in [6.45, 7) is 1.26. The third-order valence-corrected chi connectivity index (χ3v) is 4.08. The van der Waals surface area contributed by atoms with Gasteiger partial charge >= 0.3 is 5.97 Å². The van der Waals surface area contributed by atoms with Gasteiger partial charge < -0.3 is 19.7 Å². The number of carbonyl (C=O) groups excluding carboxylic acids is 3. The Bertz CT molecular complexity index is 976. The number of esters is 1. The van der Waals surface area contributed by atoms with Crippen molar-refractivity contribution in [2.45, 2.75) is 6.92 Å². The van der Waals surface area contributed by atoms with Gasteiger partial charge in [-0.1, -0.05) is 29.8 Å². The van der Waals surface area contributed by atoms with Gasteiger partial charge in [0.25, 0.3) is 5.91 Å². The maximum atomic E-state index is 12.1. The quantitative estimate of drug-likeness (QED) is 0.492. The van der Waals surface area contributed by atoms with E-state index in [1.54, 1.807) is 36.4 Å². The van der Waals surface area contributed by atoms with Crippen LogP contribution in [-0.2, 0) is 19.1 Å². The van der Waals surface area contributed by atoms with Crippen LogP contribution in [0.3, 0.4) is 0 Å². The lowest BCUT2D eigenvalue weighted by atomic mass is 10.2. The Balaban J connectivity index is 1.74. The van der Waals surface area contributed by atoms with Crippen LogP contribution in [0.1, 0.15) is 11.1 Å². The molecule has 8 heteroatoms. The van der Waals surface area contributed by atoms with Gasteiger partial charge in [0.2, 0.25) is 5.91 Å². The van der Waals surface area contributed by atoms with Gasteiger partial charge in [0.15, 0.2) is 13.2 Å². The molecule has 0 aliphatic heterocycles. The summed E-state index contributed by atoms with van der Waals surface area (Å²) in [6.07, 6.45) is 2.72. The highest BCUT2D eigenvalue weighted by Crippen LogP contribution is 2.13. The Hall–Kier alpha value is -4.12. The average molecular weight is 421 g/mol. The Labute approximate surface area is 180 Å². The summed E-state index contributed by atoms with van der Waals surface area (Å²) in [6, 6.07) is 15.9. The molecule has 0 aliphatic rings. The molecule has 8 nitrogen and oxygen atoms in total. The van der Waals surface area contributed by atoms with E-state index in [0.29, 0.717) is 11.4 Å². The van der Waals surface area contributed by atoms with Crippen LogP contribution in [0.5, 0.6) is 5.75 Å². The van der Waals surface area contributed by atoms with Gasteiger partial charge in [-0.15, -0.1) is 0 Å². The third kappa shape index (κ3) is 8.41. The van der Waals surface area contributed by atoms with E-state index in [-0.39, 0.29) is 19.1 Å². The van der Waals surface area contributed by atoms with E-state index >= 15 is 0 Å². The molecule has 0 fully saturated rings. The maximum absolute atomic E-state index is 12.1. The smallest absolute Gasteiger partial charge is 0.331 e. The van der Waals surface area contributed by atoms with Crippen molar-refractivity contribution >= 4 is 29.5 Å². The molecular formula is C23H23N3O5. The predicted octanol–water partition coefficient (Wildman–Crippen LogP) is 2.55.